The Labute approximate surface area is 177 Å². The number of carbonyl (C=O) groups excluding carboxylic acids is 4. The van der Waals surface area contributed by atoms with E-state index in [1.54, 1.807) is 0 Å². The van der Waals surface area contributed by atoms with Gasteiger partial charge in [0.05, 0.1) is 19.1 Å². The van der Waals surface area contributed by atoms with E-state index in [9.17, 15) is 39.0 Å². The van der Waals surface area contributed by atoms with Crippen molar-refractivity contribution < 1.29 is 44.1 Å². The van der Waals surface area contributed by atoms with Gasteiger partial charge in [-0.1, -0.05) is 13.8 Å². The second-order valence-electron chi connectivity index (χ2n) is 7.08. The number of hydrogen-bond acceptors (Lipinski definition) is 8. The Morgan fingerprint density at radius 2 is 1.39 bits per heavy atom. The van der Waals surface area contributed by atoms with E-state index < -0.39 is 85.1 Å². The molecule has 4 amide bonds. The van der Waals surface area contributed by atoms with Gasteiger partial charge < -0.3 is 42.7 Å². The van der Waals surface area contributed by atoms with E-state index >= 15 is 0 Å². The van der Waals surface area contributed by atoms with E-state index in [-0.39, 0.29) is 6.42 Å². The molecule has 14 heteroatoms. The summed E-state index contributed by atoms with van der Waals surface area (Å²) in [7, 11) is 0. The highest BCUT2D eigenvalue weighted by Crippen LogP contribution is 2.04. The number of primary amides is 1. The standard InChI is InChI=1S/C17H29N5O9/c1-7(2)13(17(30)31)22-15(28)9(5-11(19)24)20-16(29)10(6-23)21-14(27)8(18)3-4-12(25)26/h7-10,13,23H,3-6,18H2,1-2H3,(H2,19,24)(H,20,29)(H,21,27)(H,22,28)(H,25,26)(H,30,31). The lowest BCUT2D eigenvalue weighted by Crippen LogP contribution is -2.59. The van der Waals surface area contributed by atoms with Crippen molar-refractivity contribution >= 4 is 35.6 Å². The van der Waals surface area contributed by atoms with Crippen LogP contribution in [0, 0.1) is 5.92 Å². The van der Waals surface area contributed by atoms with Crippen molar-refractivity contribution in [1.82, 2.24) is 16.0 Å². The van der Waals surface area contributed by atoms with Crippen LogP contribution in [0.4, 0.5) is 0 Å². The topological polar surface area (TPSA) is 251 Å². The molecule has 0 rings (SSSR count). The van der Waals surface area contributed by atoms with Gasteiger partial charge in [-0.25, -0.2) is 4.79 Å². The fourth-order valence-electron chi connectivity index (χ4n) is 2.33. The van der Waals surface area contributed by atoms with Crippen molar-refractivity contribution in [2.75, 3.05) is 6.61 Å². The van der Waals surface area contributed by atoms with Crippen LogP contribution >= 0.6 is 0 Å². The van der Waals surface area contributed by atoms with Gasteiger partial charge in [0.25, 0.3) is 0 Å². The molecule has 0 aliphatic heterocycles. The molecule has 0 spiro atoms. The minimum Gasteiger partial charge on any atom is -0.481 e. The monoisotopic (exact) mass is 447 g/mol. The molecule has 0 bridgehead atoms. The Morgan fingerprint density at radius 1 is 0.871 bits per heavy atom. The first kappa shape index (κ1) is 27.7. The summed E-state index contributed by atoms with van der Waals surface area (Å²) >= 11 is 0. The van der Waals surface area contributed by atoms with Crippen LogP contribution in [0.25, 0.3) is 0 Å². The van der Waals surface area contributed by atoms with Crippen LogP contribution in [0.5, 0.6) is 0 Å². The van der Waals surface area contributed by atoms with Gasteiger partial charge >= 0.3 is 11.9 Å². The summed E-state index contributed by atoms with van der Waals surface area (Å²) in [4.78, 5) is 69.8. The third kappa shape index (κ3) is 10.4. The number of aliphatic hydroxyl groups is 1. The van der Waals surface area contributed by atoms with Gasteiger partial charge in [-0.2, -0.15) is 0 Å². The maximum Gasteiger partial charge on any atom is 0.326 e. The number of carboxylic acids is 2. The molecular weight excluding hydrogens is 418 g/mol. The zero-order valence-corrected chi connectivity index (χ0v) is 17.2. The summed E-state index contributed by atoms with van der Waals surface area (Å²) in [5, 5.41) is 33.6. The van der Waals surface area contributed by atoms with Gasteiger partial charge in [-0.05, 0) is 12.3 Å². The molecule has 0 aliphatic rings. The number of nitrogens with two attached hydrogens (primary N) is 2. The predicted octanol–water partition coefficient (Wildman–Crippen LogP) is -3.76. The van der Waals surface area contributed by atoms with Crippen molar-refractivity contribution in [2.45, 2.75) is 57.3 Å². The van der Waals surface area contributed by atoms with Gasteiger partial charge in [0.2, 0.25) is 23.6 Å². The molecule has 4 atom stereocenters. The van der Waals surface area contributed by atoms with E-state index in [0.29, 0.717) is 0 Å². The maximum absolute atomic E-state index is 12.4. The molecule has 4 unspecified atom stereocenters. The normalized spacial score (nSPS) is 14.6. The maximum atomic E-state index is 12.4. The molecule has 0 saturated carbocycles. The molecular formula is C17H29N5O9. The highest BCUT2D eigenvalue weighted by Gasteiger charge is 2.32. The van der Waals surface area contributed by atoms with E-state index in [0.717, 1.165) is 0 Å². The van der Waals surface area contributed by atoms with E-state index in [2.05, 4.69) is 16.0 Å². The average Bonchev–Trinajstić information content (AvgIpc) is 2.66. The second-order valence-corrected chi connectivity index (χ2v) is 7.08. The third-order valence-corrected chi connectivity index (χ3v) is 4.09. The summed E-state index contributed by atoms with van der Waals surface area (Å²) < 4.78 is 0. The van der Waals surface area contributed by atoms with Crippen LogP contribution < -0.4 is 27.4 Å². The predicted molar refractivity (Wildman–Crippen MR) is 104 cm³/mol. The van der Waals surface area contributed by atoms with Gasteiger partial charge in [0, 0.05) is 6.42 Å². The molecule has 14 nitrogen and oxygen atoms in total. The highest BCUT2D eigenvalue weighted by atomic mass is 16.4. The first-order chi connectivity index (χ1) is 14.3. The summed E-state index contributed by atoms with van der Waals surface area (Å²) in [6.45, 7) is 2.16. The Hall–Kier alpha value is -3.26. The quantitative estimate of drug-likeness (QED) is 0.129. The van der Waals surface area contributed by atoms with Gasteiger partial charge in [0.1, 0.15) is 18.1 Å². The van der Waals surface area contributed by atoms with Crippen molar-refractivity contribution in [2.24, 2.45) is 17.4 Å². The fraction of sp³-hybridized carbons (Fsp3) is 0.647. The van der Waals surface area contributed by atoms with Gasteiger partial charge in [-0.15, -0.1) is 0 Å². The number of carbonyl (C=O) groups is 6. The number of nitrogens with one attached hydrogen (secondary N) is 3. The fourth-order valence-corrected chi connectivity index (χ4v) is 2.33. The Kier molecular flexibility index (Phi) is 11.7. The largest absolute Gasteiger partial charge is 0.481 e. The van der Waals surface area contributed by atoms with Crippen molar-refractivity contribution in [3.8, 4) is 0 Å². The van der Waals surface area contributed by atoms with Crippen molar-refractivity contribution in [1.29, 1.82) is 0 Å². The number of amides is 4. The van der Waals surface area contributed by atoms with Gasteiger partial charge in [-0.3, -0.25) is 24.0 Å². The SMILES string of the molecule is CC(C)C(NC(=O)C(CC(N)=O)NC(=O)C(CO)NC(=O)C(N)CCC(=O)O)C(=O)O. The van der Waals surface area contributed by atoms with Crippen LogP contribution in [0.2, 0.25) is 0 Å². The van der Waals surface area contributed by atoms with E-state index in [1.807, 2.05) is 0 Å². The first-order valence-electron chi connectivity index (χ1n) is 9.30. The smallest absolute Gasteiger partial charge is 0.326 e. The number of hydrogen-bond donors (Lipinski definition) is 8. The van der Waals surface area contributed by atoms with Crippen LogP contribution in [-0.2, 0) is 28.8 Å². The third-order valence-electron chi connectivity index (χ3n) is 4.09. The first-order valence-corrected chi connectivity index (χ1v) is 9.30. The number of rotatable bonds is 14. The highest BCUT2D eigenvalue weighted by molar-refractivity contribution is 5.96. The van der Waals surface area contributed by atoms with Crippen LogP contribution in [0.3, 0.4) is 0 Å². The molecule has 0 fully saturated rings. The molecule has 0 aromatic rings. The zero-order chi connectivity index (χ0) is 24.3. The zero-order valence-electron chi connectivity index (χ0n) is 17.2. The molecule has 0 aliphatic carbocycles. The average molecular weight is 447 g/mol. The van der Waals surface area contributed by atoms with Crippen molar-refractivity contribution in [3.05, 3.63) is 0 Å². The summed E-state index contributed by atoms with van der Waals surface area (Å²) in [5.41, 5.74) is 10.6. The Bertz CT molecular complexity index is 697. The number of aliphatic carboxylic acids is 2. The summed E-state index contributed by atoms with van der Waals surface area (Å²) in [5.74, 6) is -6.99. The summed E-state index contributed by atoms with van der Waals surface area (Å²) in [6, 6.07) is -5.73. The molecule has 0 saturated heterocycles. The molecule has 31 heavy (non-hydrogen) atoms. The number of aliphatic hydroxyl groups excluding tert-OH is 1. The van der Waals surface area contributed by atoms with Crippen LogP contribution in [-0.4, -0.2) is 81.7 Å². The van der Waals surface area contributed by atoms with Crippen LogP contribution in [0.15, 0.2) is 0 Å². The second kappa shape index (κ2) is 13.1. The lowest BCUT2D eigenvalue weighted by Gasteiger charge is -2.24. The molecule has 10 N–H and O–H groups in total. The molecule has 0 aromatic heterocycles. The van der Waals surface area contributed by atoms with E-state index in [4.69, 9.17) is 16.6 Å². The summed E-state index contributed by atoms with van der Waals surface area (Å²) in [6.07, 6.45) is -1.29. The Balaban J connectivity index is 5.23. The molecule has 0 heterocycles. The molecule has 176 valence electrons. The lowest BCUT2D eigenvalue weighted by molar-refractivity contribution is -0.144. The minimum atomic E-state index is -1.58. The molecule has 0 aromatic carbocycles. The Morgan fingerprint density at radius 3 is 1.81 bits per heavy atom. The van der Waals surface area contributed by atoms with Gasteiger partial charge in [0.15, 0.2) is 0 Å². The molecule has 0 radical (unpaired) electrons. The van der Waals surface area contributed by atoms with E-state index in [1.165, 1.54) is 13.8 Å². The van der Waals surface area contributed by atoms with Crippen molar-refractivity contribution in [3.63, 3.8) is 0 Å². The number of carboxylic acid groups (broad SMARTS) is 2. The minimum absolute atomic E-state index is 0.223. The van der Waals surface area contributed by atoms with Crippen LogP contribution in [0.1, 0.15) is 33.1 Å². The lowest BCUT2D eigenvalue weighted by atomic mass is 10.0.